The fourth-order valence-corrected chi connectivity index (χ4v) is 4.01. The molecule has 0 spiro atoms. The second-order valence-electron chi connectivity index (χ2n) is 7.85. The SMILES string of the molecule is Cn1c(=O)n(CCC(=O)Nc2cccc(Cn3nc4ccccn4c3=O)c2)c2ccccc21. The summed E-state index contributed by atoms with van der Waals surface area (Å²) in [5, 5.41) is 7.22. The number of rotatable bonds is 6. The maximum Gasteiger partial charge on any atom is 0.350 e. The van der Waals surface area contributed by atoms with Crippen LogP contribution in [0.2, 0.25) is 0 Å². The highest BCUT2D eigenvalue weighted by Crippen LogP contribution is 2.14. The molecule has 0 radical (unpaired) electrons. The molecule has 0 aliphatic carbocycles. The fraction of sp³-hybridized carbons (Fsp3) is 0.167. The summed E-state index contributed by atoms with van der Waals surface area (Å²) >= 11 is 0. The van der Waals surface area contributed by atoms with E-state index in [1.54, 1.807) is 40.6 Å². The molecule has 3 heterocycles. The highest BCUT2D eigenvalue weighted by Gasteiger charge is 2.12. The van der Waals surface area contributed by atoms with E-state index in [2.05, 4.69) is 10.4 Å². The number of nitrogens with zero attached hydrogens (tertiary/aromatic N) is 5. The topological polar surface area (TPSA) is 95.3 Å². The average Bonchev–Trinajstić information content (AvgIpc) is 3.26. The standard InChI is InChI=1S/C24H22N6O3/c1-27-19-9-2-3-10-20(19)28(23(27)32)14-12-22(31)25-18-8-6-7-17(15-18)16-30-24(33)29-13-5-4-11-21(29)26-30/h2-11,13,15H,12,14,16H2,1H3,(H,25,31). The first-order valence-corrected chi connectivity index (χ1v) is 10.6. The van der Waals surface area contributed by atoms with E-state index < -0.39 is 0 Å². The lowest BCUT2D eigenvalue weighted by molar-refractivity contribution is -0.116. The molecule has 0 aliphatic rings. The zero-order chi connectivity index (χ0) is 22.9. The van der Waals surface area contributed by atoms with Gasteiger partial charge in [-0.05, 0) is 42.0 Å². The second kappa shape index (κ2) is 8.27. The van der Waals surface area contributed by atoms with Crippen molar-refractivity contribution in [3.8, 4) is 0 Å². The van der Waals surface area contributed by atoms with E-state index >= 15 is 0 Å². The number of carbonyl (C=O) groups is 1. The van der Waals surface area contributed by atoms with Crippen LogP contribution >= 0.6 is 0 Å². The Morgan fingerprint density at radius 3 is 2.55 bits per heavy atom. The van der Waals surface area contributed by atoms with Gasteiger partial charge in [-0.15, -0.1) is 5.10 Å². The van der Waals surface area contributed by atoms with Crippen LogP contribution in [-0.2, 0) is 24.9 Å². The summed E-state index contributed by atoms with van der Waals surface area (Å²) in [5.41, 5.74) is 3.30. The minimum Gasteiger partial charge on any atom is -0.326 e. The van der Waals surface area contributed by atoms with Gasteiger partial charge in [-0.25, -0.2) is 14.3 Å². The maximum atomic E-state index is 12.6. The lowest BCUT2D eigenvalue weighted by Gasteiger charge is -2.08. The third-order valence-corrected chi connectivity index (χ3v) is 5.65. The van der Waals surface area contributed by atoms with Crippen molar-refractivity contribution >= 4 is 28.3 Å². The number of pyridine rings is 1. The number of carbonyl (C=O) groups excluding carboxylic acids is 1. The number of hydrogen-bond donors (Lipinski definition) is 1. The number of benzene rings is 2. The fourth-order valence-electron chi connectivity index (χ4n) is 4.01. The van der Waals surface area contributed by atoms with Gasteiger partial charge in [-0.2, -0.15) is 0 Å². The largest absolute Gasteiger partial charge is 0.350 e. The number of imidazole rings is 1. The Morgan fingerprint density at radius 2 is 1.73 bits per heavy atom. The van der Waals surface area contributed by atoms with Crippen LogP contribution in [0.5, 0.6) is 0 Å². The summed E-state index contributed by atoms with van der Waals surface area (Å²) in [7, 11) is 1.72. The molecule has 9 heteroatoms. The molecule has 5 aromatic rings. The molecule has 0 bridgehead atoms. The lowest BCUT2D eigenvalue weighted by atomic mass is 10.2. The van der Waals surface area contributed by atoms with Gasteiger partial charge in [0, 0.05) is 31.9 Å². The minimum absolute atomic E-state index is 0.149. The summed E-state index contributed by atoms with van der Waals surface area (Å²) in [6.07, 6.45) is 1.84. The monoisotopic (exact) mass is 442 g/mol. The number of aromatic nitrogens is 5. The normalized spacial score (nSPS) is 11.3. The van der Waals surface area contributed by atoms with Crippen molar-refractivity contribution in [2.45, 2.75) is 19.5 Å². The molecule has 1 N–H and O–H groups in total. The van der Waals surface area contributed by atoms with Crippen molar-refractivity contribution in [1.82, 2.24) is 23.3 Å². The number of para-hydroxylation sites is 2. The highest BCUT2D eigenvalue weighted by atomic mass is 16.2. The average molecular weight is 442 g/mol. The van der Waals surface area contributed by atoms with E-state index in [-0.39, 0.29) is 36.8 Å². The van der Waals surface area contributed by atoms with Gasteiger partial charge in [-0.3, -0.25) is 18.3 Å². The molecule has 5 rings (SSSR count). The molecule has 0 unspecified atom stereocenters. The number of aryl methyl sites for hydroxylation is 2. The molecule has 0 aliphatic heterocycles. The molecule has 166 valence electrons. The van der Waals surface area contributed by atoms with Gasteiger partial charge in [0.25, 0.3) is 0 Å². The van der Waals surface area contributed by atoms with Crippen LogP contribution in [0.1, 0.15) is 12.0 Å². The van der Waals surface area contributed by atoms with Crippen LogP contribution in [-0.4, -0.2) is 29.2 Å². The van der Waals surface area contributed by atoms with Crippen molar-refractivity contribution in [3.05, 3.63) is 99.5 Å². The van der Waals surface area contributed by atoms with Gasteiger partial charge in [0.2, 0.25) is 5.91 Å². The van der Waals surface area contributed by atoms with E-state index in [1.165, 1.54) is 9.08 Å². The summed E-state index contributed by atoms with van der Waals surface area (Å²) in [5.74, 6) is -0.197. The molecule has 0 atom stereocenters. The van der Waals surface area contributed by atoms with Crippen LogP contribution in [0, 0.1) is 0 Å². The number of anilines is 1. The maximum absolute atomic E-state index is 12.6. The third-order valence-electron chi connectivity index (χ3n) is 5.65. The van der Waals surface area contributed by atoms with Crippen LogP contribution in [0.25, 0.3) is 16.7 Å². The smallest absolute Gasteiger partial charge is 0.326 e. The van der Waals surface area contributed by atoms with Gasteiger partial charge in [0.05, 0.1) is 17.6 Å². The zero-order valence-corrected chi connectivity index (χ0v) is 18.0. The Hall–Kier alpha value is -4.40. The van der Waals surface area contributed by atoms with Gasteiger partial charge in [-0.1, -0.05) is 30.3 Å². The van der Waals surface area contributed by atoms with Crippen molar-refractivity contribution in [2.24, 2.45) is 7.05 Å². The number of nitrogens with one attached hydrogen (secondary N) is 1. The van der Waals surface area contributed by atoms with Crippen molar-refractivity contribution in [2.75, 3.05) is 5.32 Å². The molecule has 0 fully saturated rings. The summed E-state index contributed by atoms with van der Waals surface area (Å²) < 4.78 is 6.07. The molecule has 9 nitrogen and oxygen atoms in total. The Bertz CT molecular complexity index is 1600. The highest BCUT2D eigenvalue weighted by molar-refractivity contribution is 5.90. The Labute approximate surface area is 188 Å². The minimum atomic E-state index is -0.222. The molecule has 33 heavy (non-hydrogen) atoms. The molecular formula is C24H22N6O3. The van der Waals surface area contributed by atoms with E-state index in [1.807, 2.05) is 48.5 Å². The third kappa shape index (κ3) is 3.84. The Kier molecular flexibility index (Phi) is 5.14. The summed E-state index contributed by atoms with van der Waals surface area (Å²) in [4.78, 5) is 37.6. The van der Waals surface area contributed by atoms with Gasteiger partial charge < -0.3 is 5.32 Å². The molecule has 0 saturated carbocycles. The Morgan fingerprint density at radius 1 is 0.939 bits per heavy atom. The predicted molar refractivity (Wildman–Crippen MR) is 125 cm³/mol. The second-order valence-corrected chi connectivity index (χ2v) is 7.85. The van der Waals surface area contributed by atoms with Crippen LogP contribution in [0.15, 0.2) is 82.5 Å². The molecule has 0 saturated heterocycles. The predicted octanol–water partition coefficient (Wildman–Crippen LogP) is 2.23. The van der Waals surface area contributed by atoms with Gasteiger partial charge >= 0.3 is 11.4 Å². The zero-order valence-electron chi connectivity index (χ0n) is 18.0. The van der Waals surface area contributed by atoms with E-state index in [0.29, 0.717) is 11.3 Å². The van der Waals surface area contributed by atoms with Gasteiger partial charge in [0.15, 0.2) is 5.65 Å². The van der Waals surface area contributed by atoms with Crippen LogP contribution in [0.4, 0.5) is 5.69 Å². The van der Waals surface area contributed by atoms with E-state index in [9.17, 15) is 14.4 Å². The lowest BCUT2D eigenvalue weighted by Crippen LogP contribution is -2.24. The summed E-state index contributed by atoms with van der Waals surface area (Å²) in [6, 6.07) is 20.2. The number of amides is 1. The quantitative estimate of drug-likeness (QED) is 0.436. The van der Waals surface area contributed by atoms with E-state index in [0.717, 1.165) is 16.6 Å². The van der Waals surface area contributed by atoms with Crippen LogP contribution < -0.4 is 16.7 Å². The number of hydrogen-bond acceptors (Lipinski definition) is 4. The first kappa shape index (κ1) is 20.5. The molecule has 3 aromatic heterocycles. The van der Waals surface area contributed by atoms with E-state index in [4.69, 9.17) is 0 Å². The summed E-state index contributed by atoms with van der Waals surface area (Å²) in [6.45, 7) is 0.567. The first-order valence-electron chi connectivity index (χ1n) is 10.6. The van der Waals surface area contributed by atoms with Gasteiger partial charge in [0.1, 0.15) is 0 Å². The molecular weight excluding hydrogens is 420 g/mol. The Balaban J connectivity index is 1.28. The number of fused-ring (bicyclic) bond motifs is 2. The van der Waals surface area contributed by atoms with Crippen LogP contribution in [0.3, 0.4) is 0 Å². The molecule has 2 aromatic carbocycles. The molecule has 1 amide bonds. The van der Waals surface area contributed by atoms with Crippen molar-refractivity contribution < 1.29 is 4.79 Å². The van der Waals surface area contributed by atoms with Crippen molar-refractivity contribution in [1.29, 1.82) is 0 Å². The van der Waals surface area contributed by atoms with Crippen molar-refractivity contribution in [3.63, 3.8) is 0 Å². The first-order chi connectivity index (χ1) is 16.0.